The van der Waals surface area contributed by atoms with E-state index >= 15 is 0 Å². The van der Waals surface area contributed by atoms with Gasteiger partial charge in [-0.05, 0) is 6.08 Å². The average molecular weight is 281 g/mol. The van der Waals surface area contributed by atoms with Crippen molar-refractivity contribution in [2.75, 3.05) is 13.2 Å². The van der Waals surface area contributed by atoms with Gasteiger partial charge in [-0.3, -0.25) is 0 Å². The molecule has 0 spiro atoms. The Bertz CT molecular complexity index is 197. The van der Waals surface area contributed by atoms with Crippen LogP contribution >= 0.6 is 23.0 Å². The van der Waals surface area contributed by atoms with Gasteiger partial charge >= 0.3 is 0 Å². The number of carbonyl (C=O) groups excluding carboxylic acids is 1. The second-order valence-corrected chi connectivity index (χ2v) is 2.23. The van der Waals surface area contributed by atoms with Crippen molar-refractivity contribution in [3.63, 3.8) is 0 Å². The van der Waals surface area contributed by atoms with Crippen LogP contribution in [0.2, 0.25) is 0 Å². The molecule has 0 atom stereocenters. The van der Waals surface area contributed by atoms with Gasteiger partial charge in [-0.25, -0.2) is 4.79 Å². The molecule has 0 rings (SSSR count). The minimum absolute atomic E-state index is 0.269. The number of halogens is 1. The van der Waals surface area contributed by atoms with Gasteiger partial charge in [0.2, 0.25) is 0 Å². The highest BCUT2D eigenvalue weighted by Crippen LogP contribution is 1.86. The van der Waals surface area contributed by atoms with E-state index in [1.54, 1.807) is 12.2 Å². The van der Waals surface area contributed by atoms with Gasteiger partial charge in [-0.15, -0.1) is 0 Å². The second kappa shape index (κ2) is 10.3. The Morgan fingerprint density at radius 2 is 2.00 bits per heavy atom. The van der Waals surface area contributed by atoms with Gasteiger partial charge in [-0.1, -0.05) is 18.2 Å². The summed E-state index contributed by atoms with van der Waals surface area (Å²) in [6, 6.07) is 0. The summed E-state index contributed by atoms with van der Waals surface area (Å²) in [6.07, 6.45) is 8.40. The van der Waals surface area contributed by atoms with Crippen molar-refractivity contribution >= 4 is 29.1 Å². The number of isocyanates is 1. The van der Waals surface area contributed by atoms with Gasteiger partial charge in [0.25, 0.3) is 6.08 Å². The summed E-state index contributed by atoms with van der Waals surface area (Å²) in [5.74, 6) is 0. The standard InChI is InChI=1S/C7H8INO3/c8-11-5-3-1-2-4-6-12-9-7-10/h1-4H,5-6H2/b3-1-,4-2-. The number of allylic oxidation sites excluding steroid dienone is 2. The van der Waals surface area contributed by atoms with Crippen LogP contribution < -0.4 is 0 Å². The van der Waals surface area contributed by atoms with Crippen LogP contribution in [0.15, 0.2) is 29.5 Å². The fraction of sp³-hybridized carbons (Fsp3) is 0.286. The van der Waals surface area contributed by atoms with Gasteiger partial charge in [0.15, 0.2) is 0 Å². The quantitative estimate of drug-likeness (QED) is 0.186. The Hall–Kier alpha value is -0.650. The van der Waals surface area contributed by atoms with Crippen molar-refractivity contribution in [3.05, 3.63) is 24.3 Å². The first-order valence-corrected chi connectivity index (χ1v) is 4.04. The Kier molecular flexibility index (Phi) is 9.79. The molecule has 0 aliphatic heterocycles. The Morgan fingerprint density at radius 1 is 1.33 bits per heavy atom. The molecule has 0 N–H and O–H groups in total. The Morgan fingerprint density at radius 3 is 2.58 bits per heavy atom. The highest BCUT2D eigenvalue weighted by atomic mass is 127. The monoisotopic (exact) mass is 281 g/mol. The highest BCUT2D eigenvalue weighted by Gasteiger charge is 1.73. The molecule has 66 valence electrons. The highest BCUT2D eigenvalue weighted by molar-refractivity contribution is 14.1. The van der Waals surface area contributed by atoms with Gasteiger partial charge < -0.3 is 7.90 Å². The molecular formula is C7H8INO3. The topological polar surface area (TPSA) is 47.9 Å². The summed E-state index contributed by atoms with van der Waals surface area (Å²) in [7, 11) is 0. The SMILES string of the molecule is O=C=NOC/C=C\C=C/COI. The third-order valence-corrected chi connectivity index (χ3v) is 1.17. The first-order chi connectivity index (χ1) is 5.91. The van der Waals surface area contributed by atoms with E-state index in [-0.39, 0.29) is 6.61 Å². The summed E-state index contributed by atoms with van der Waals surface area (Å²) < 4.78 is 4.74. The van der Waals surface area contributed by atoms with Crippen molar-refractivity contribution in [2.24, 2.45) is 5.16 Å². The predicted molar refractivity (Wildman–Crippen MR) is 52.3 cm³/mol. The molecular weight excluding hydrogens is 273 g/mol. The van der Waals surface area contributed by atoms with Crippen LogP contribution in [-0.2, 0) is 12.7 Å². The van der Waals surface area contributed by atoms with Gasteiger partial charge in [0, 0.05) is 5.16 Å². The molecule has 0 saturated carbocycles. The molecule has 0 aliphatic rings. The lowest BCUT2D eigenvalue weighted by molar-refractivity contribution is 0.173. The predicted octanol–water partition coefficient (Wildman–Crippen LogP) is 1.73. The largest absolute Gasteiger partial charge is 0.382 e. The normalized spacial score (nSPS) is 10.4. The van der Waals surface area contributed by atoms with Crippen LogP contribution in [0.3, 0.4) is 0 Å². The molecule has 0 radical (unpaired) electrons. The number of rotatable bonds is 6. The third-order valence-electron chi connectivity index (χ3n) is 0.815. The lowest BCUT2D eigenvalue weighted by Gasteiger charge is -1.85. The molecule has 0 aromatic heterocycles. The Labute approximate surface area is 84.6 Å². The molecule has 0 aromatic rings. The van der Waals surface area contributed by atoms with Crippen molar-refractivity contribution in [1.29, 1.82) is 0 Å². The fourth-order valence-corrected chi connectivity index (χ4v) is 0.619. The average Bonchev–Trinajstić information content (AvgIpc) is 2.10. The van der Waals surface area contributed by atoms with Crippen molar-refractivity contribution in [2.45, 2.75) is 0 Å². The second-order valence-electron chi connectivity index (χ2n) is 1.61. The molecule has 0 aromatic carbocycles. The lowest BCUT2D eigenvalue weighted by atomic mass is 10.4. The number of nitrogens with zero attached hydrogens (tertiary/aromatic N) is 1. The Balaban J connectivity index is 3.30. The van der Waals surface area contributed by atoms with E-state index < -0.39 is 0 Å². The van der Waals surface area contributed by atoms with Gasteiger partial charge in [0.1, 0.15) is 29.6 Å². The van der Waals surface area contributed by atoms with E-state index in [9.17, 15) is 4.79 Å². The van der Waals surface area contributed by atoms with Crippen LogP contribution in [-0.4, -0.2) is 19.3 Å². The molecule has 0 heterocycles. The van der Waals surface area contributed by atoms with Gasteiger partial charge in [-0.2, -0.15) is 0 Å². The zero-order chi connectivity index (χ0) is 9.07. The maximum atomic E-state index is 9.51. The first-order valence-electron chi connectivity index (χ1n) is 3.16. The van der Waals surface area contributed by atoms with E-state index in [2.05, 4.69) is 9.99 Å². The van der Waals surface area contributed by atoms with Gasteiger partial charge in [0.05, 0.1) is 6.61 Å². The minimum atomic E-state index is 0.269. The number of hydrogen-bond acceptors (Lipinski definition) is 4. The van der Waals surface area contributed by atoms with E-state index in [1.807, 2.05) is 35.2 Å². The zero-order valence-electron chi connectivity index (χ0n) is 6.27. The zero-order valence-corrected chi connectivity index (χ0v) is 8.43. The smallest absolute Gasteiger partial charge is 0.276 e. The van der Waals surface area contributed by atoms with E-state index in [0.29, 0.717) is 6.61 Å². The van der Waals surface area contributed by atoms with Crippen molar-refractivity contribution in [3.8, 4) is 0 Å². The lowest BCUT2D eigenvalue weighted by Crippen LogP contribution is -1.79. The van der Waals surface area contributed by atoms with Crippen molar-refractivity contribution in [1.82, 2.24) is 0 Å². The molecule has 0 bridgehead atoms. The maximum absolute atomic E-state index is 9.51. The molecule has 0 unspecified atom stereocenters. The summed E-state index contributed by atoms with van der Waals surface area (Å²) >= 11 is 1.81. The molecule has 0 saturated heterocycles. The van der Waals surface area contributed by atoms with Crippen LogP contribution in [0.25, 0.3) is 0 Å². The first kappa shape index (κ1) is 11.4. The molecule has 12 heavy (non-hydrogen) atoms. The minimum Gasteiger partial charge on any atom is -0.382 e. The van der Waals surface area contributed by atoms with Crippen LogP contribution in [0.4, 0.5) is 0 Å². The molecule has 0 fully saturated rings. The molecule has 0 amide bonds. The third kappa shape index (κ3) is 9.35. The summed E-state index contributed by atoms with van der Waals surface area (Å²) in [4.78, 5) is 13.9. The number of hydrogen-bond donors (Lipinski definition) is 0. The molecule has 5 heteroatoms. The maximum Gasteiger partial charge on any atom is 0.276 e. The van der Waals surface area contributed by atoms with E-state index in [0.717, 1.165) is 0 Å². The van der Waals surface area contributed by atoms with Crippen LogP contribution in [0.1, 0.15) is 0 Å². The van der Waals surface area contributed by atoms with Crippen LogP contribution in [0, 0.1) is 0 Å². The summed E-state index contributed by atoms with van der Waals surface area (Å²) in [6.45, 7) is 0.836. The van der Waals surface area contributed by atoms with E-state index in [4.69, 9.17) is 3.07 Å². The fourth-order valence-electron chi connectivity index (χ4n) is 0.411. The summed E-state index contributed by atoms with van der Waals surface area (Å²) in [5, 5.41) is 2.90. The van der Waals surface area contributed by atoms with E-state index in [1.165, 1.54) is 6.08 Å². The molecule has 4 nitrogen and oxygen atoms in total. The summed E-state index contributed by atoms with van der Waals surface area (Å²) in [5.41, 5.74) is 0. The van der Waals surface area contributed by atoms with Crippen molar-refractivity contribution < 1.29 is 12.7 Å². The van der Waals surface area contributed by atoms with Crippen LogP contribution in [0.5, 0.6) is 0 Å². The molecule has 0 aliphatic carbocycles.